The molecule has 0 saturated heterocycles. The average Bonchev–Trinajstić information content (AvgIpc) is 3.24. The van der Waals surface area contributed by atoms with E-state index in [1.807, 2.05) is 12.4 Å². The molecule has 0 spiro atoms. The fourth-order valence-corrected chi connectivity index (χ4v) is 3.41. The van der Waals surface area contributed by atoms with Crippen LogP contribution in [0.3, 0.4) is 0 Å². The van der Waals surface area contributed by atoms with E-state index in [-0.39, 0.29) is 5.82 Å². The van der Waals surface area contributed by atoms with Crippen LogP contribution in [0.25, 0.3) is 27.8 Å². The molecule has 0 aliphatic heterocycles. The largest absolute Gasteiger partial charge is 0.381 e. The van der Waals surface area contributed by atoms with E-state index in [0.717, 1.165) is 29.4 Å². The van der Waals surface area contributed by atoms with Crippen molar-refractivity contribution in [1.82, 2.24) is 24.3 Å². The van der Waals surface area contributed by atoms with E-state index in [9.17, 15) is 4.39 Å². The summed E-state index contributed by atoms with van der Waals surface area (Å²) in [6, 6.07) is 1.82. The second kappa shape index (κ2) is 5.77. The number of aromatic nitrogens is 5. The van der Waals surface area contributed by atoms with Gasteiger partial charge in [-0.2, -0.15) is 4.98 Å². The molecular formula is C18H17FN6O. The van der Waals surface area contributed by atoms with Gasteiger partial charge in [0.15, 0.2) is 11.5 Å². The zero-order chi connectivity index (χ0) is 17.7. The Morgan fingerprint density at radius 3 is 3.08 bits per heavy atom. The lowest BCUT2D eigenvalue weighted by molar-refractivity contribution is 0.0327. The molecule has 0 atom stereocenters. The van der Waals surface area contributed by atoms with Gasteiger partial charge in [-0.05, 0) is 18.9 Å². The van der Waals surface area contributed by atoms with Gasteiger partial charge in [-0.3, -0.25) is 0 Å². The number of anilines is 1. The highest BCUT2D eigenvalue weighted by molar-refractivity contribution is 5.93. The third-order valence-corrected chi connectivity index (χ3v) is 4.95. The van der Waals surface area contributed by atoms with Gasteiger partial charge >= 0.3 is 0 Å². The highest BCUT2D eigenvalue weighted by Gasteiger charge is 2.29. The van der Waals surface area contributed by atoms with Crippen molar-refractivity contribution in [3.8, 4) is 11.1 Å². The van der Waals surface area contributed by atoms with Crippen LogP contribution in [-0.4, -0.2) is 43.6 Å². The second-order valence-corrected chi connectivity index (χ2v) is 6.56. The summed E-state index contributed by atoms with van der Waals surface area (Å²) < 4.78 is 21.2. The molecule has 0 bridgehead atoms. The lowest BCUT2D eigenvalue weighted by Crippen LogP contribution is -2.40. The molecule has 26 heavy (non-hydrogen) atoms. The number of pyridine rings is 1. The van der Waals surface area contributed by atoms with Crippen molar-refractivity contribution in [2.75, 3.05) is 12.4 Å². The van der Waals surface area contributed by atoms with Crippen molar-refractivity contribution >= 4 is 22.6 Å². The van der Waals surface area contributed by atoms with E-state index < -0.39 is 0 Å². The van der Waals surface area contributed by atoms with Gasteiger partial charge in [-0.1, -0.05) is 0 Å². The van der Waals surface area contributed by atoms with Crippen LogP contribution in [0.2, 0.25) is 0 Å². The van der Waals surface area contributed by atoms with Crippen LogP contribution >= 0.6 is 0 Å². The molecule has 0 aromatic carbocycles. The predicted octanol–water partition coefficient (Wildman–Crippen LogP) is 3.00. The summed E-state index contributed by atoms with van der Waals surface area (Å²) in [6.45, 7) is 0. The fraction of sp³-hybridized carbons (Fsp3) is 0.278. The van der Waals surface area contributed by atoms with Gasteiger partial charge in [0.2, 0.25) is 5.95 Å². The summed E-state index contributed by atoms with van der Waals surface area (Å²) in [5, 5.41) is 4.16. The Kier molecular flexibility index (Phi) is 3.39. The second-order valence-electron chi connectivity index (χ2n) is 6.56. The zero-order valence-corrected chi connectivity index (χ0v) is 14.1. The molecule has 5 rings (SSSR count). The number of hydrogen-bond donors (Lipinski definition) is 2. The summed E-state index contributed by atoms with van der Waals surface area (Å²) in [7, 11) is 1.73. The van der Waals surface area contributed by atoms with Crippen molar-refractivity contribution in [3.05, 3.63) is 42.9 Å². The molecule has 8 heteroatoms. The van der Waals surface area contributed by atoms with Crippen LogP contribution in [0, 0.1) is 5.82 Å². The van der Waals surface area contributed by atoms with Gasteiger partial charge in [-0.25, -0.2) is 14.4 Å². The van der Waals surface area contributed by atoms with Crippen molar-refractivity contribution < 1.29 is 9.13 Å². The molecule has 0 radical (unpaired) electrons. The number of aromatic amines is 1. The first-order valence-electron chi connectivity index (χ1n) is 8.47. The van der Waals surface area contributed by atoms with Gasteiger partial charge in [0, 0.05) is 60.6 Å². The predicted molar refractivity (Wildman–Crippen MR) is 95.5 cm³/mol. The summed E-state index contributed by atoms with van der Waals surface area (Å²) >= 11 is 0. The first kappa shape index (κ1) is 15.3. The number of nitrogens with one attached hydrogen (secondary N) is 2. The number of H-pyrrole nitrogens is 1. The maximum atomic E-state index is 14.2. The molecule has 0 amide bonds. The minimum absolute atomic E-state index is 0.311. The van der Waals surface area contributed by atoms with E-state index in [1.165, 1.54) is 6.07 Å². The quantitative estimate of drug-likeness (QED) is 0.590. The Bertz CT molecular complexity index is 1100. The average molecular weight is 352 g/mol. The van der Waals surface area contributed by atoms with E-state index >= 15 is 0 Å². The number of rotatable bonds is 4. The van der Waals surface area contributed by atoms with E-state index in [0.29, 0.717) is 29.4 Å². The van der Waals surface area contributed by atoms with Crippen LogP contribution in [0.4, 0.5) is 10.3 Å². The number of ether oxygens (including phenoxy) is 1. The molecular weight excluding hydrogens is 335 g/mol. The standard InChI is InChI=1S/C18H17FN6O/c1-26-12-5-11(6-12)23-18-22-8-14-13(7-21-16(14)24-18)10-4-15(19)17-20-2-3-25(17)9-10/h2-4,7-9,11-12H,5-6H2,1H3,(H2,21,22,23,24). The highest BCUT2D eigenvalue weighted by Crippen LogP contribution is 2.30. The number of fused-ring (bicyclic) bond motifs is 2. The number of nitrogens with zero attached hydrogens (tertiary/aromatic N) is 4. The molecule has 1 saturated carbocycles. The normalized spacial score (nSPS) is 19.8. The topological polar surface area (TPSA) is 80.1 Å². The van der Waals surface area contributed by atoms with Gasteiger partial charge in [0.1, 0.15) is 5.65 Å². The molecule has 1 fully saturated rings. The van der Waals surface area contributed by atoms with Crippen LogP contribution in [-0.2, 0) is 4.74 Å². The Morgan fingerprint density at radius 2 is 2.23 bits per heavy atom. The van der Waals surface area contributed by atoms with Crippen molar-refractivity contribution in [3.63, 3.8) is 0 Å². The third kappa shape index (κ3) is 2.41. The molecule has 132 valence electrons. The summed E-state index contributed by atoms with van der Waals surface area (Å²) in [5.41, 5.74) is 2.62. The number of methoxy groups -OCH3 is 1. The lowest BCUT2D eigenvalue weighted by atomic mass is 9.89. The monoisotopic (exact) mass is 352 g/mol. The Balaban J connectivity index is 1.47. The van der Waals surface area contributed by atoms with Crippen molar-refractivity contribution in [2.45, 2.75) is 25.0 Å². The first-order chi connectivity index (χ1) is 12.7. The summed E-state index contributed by atoms with van der Waals surface area (Å²) in [5.74, 6) is 0.223. The minimum atomic E-state index is -0.362. The van der Waals surface area contributed by atoms with Crippen LogP contribution in [0.5, 0.6) is 0 Å². The Morgan fingerprint density at radius 1 is 1.35 bits per heavy atom. The third-order valence-electron chi connectivity index (χ3n) is 4.95. The van der Waals surface area contributed by atoms with Gasteiger partial charge in [0.25, 0.3) is 0 Å². The van der Waals surface area contributed by atoms with E-state index in [2.05, 4.69) is 25.3 Å². The molecule has 7 nitrogen and oxygen atoms in total. The molecule has 1 aliphatic carbocycles. The number of halogens is 1. The molecule has 1 aliphatic rings. The molecule has 4 heterocycles. The smallest absolute Gasteiger partial charge is 0.224 e. The lowest BCUT2D eigenvalue weighted by Gasteiger charge is -2.34. The molecule has 0 unspecified atom stereocenters. The number of imidazole rings is 1. The Hall–Kier alpha value is -3.00. The van der Waals surface area contributed by atoms with Crippen LogP contribution in [0.1, 0.15) is 12.8 Å². The molecule has 4 aromatic heterocycles. The molecule has 4 aromatic rings. The first-order valence-corrected chi connectivity index (χ1v) is 8.47. The van der Waals surface area contributed by atoms with Crippen molar-refractivity contribution in [1.29, 1.82) is 0 Å². The highest BCUT2D eigenvalue weighted by atomic mass is 19.1. The van der Waals surface area contributed by atoms with Gasteiger partial charge in [0.05, 0.1) is 6.10 Å². The van der Waals surface area contributed by atoms with Gasteiger partial charge < -0.3 is 19.4 Å². The summed E-state index contributed by atoms with van der Waals surface area (Å²) in [4.78, 5) is 16.1. The fourth-order valence-electron chi connectivity index (χ4n) is 3.41. The molecule has 2 N–H and O–H groups in total. The number of hydrogen-bond acceptors (Lipinski definition) is 5. The zero-order valence-electron chi connectivity index (χ0n) is 14.1. The maximum absolute atomic E-state index is 14.2. The van der Waals surface area contributed by atoms with Crippen LogP contribution < -0.4 is 5.32 Å². The van der Waals surface area contributed by atoms with Crippen molar-refractivity contribution in [2.24, 2.45) is 0 Å². The minimum Gasteiger partial charge on any atom is -0.381 e. The summed E-state index contributed by atoms with van der Waals surface area (Å²) in [6.07, 6.45) is 11.0. The van der Waals surface area contributed by atoms with E-state index in [1.54, 1.807) is 30.1 Å². The van der Waals surface area contributed by atoms with Gasteiger partial charge in [-0.15, -0.1) is 0 Å². The SMILES string of the molecule is COC1CC(Nc2ncc3c(-c4cc(F)c5nccn5c4)c[nH]c3n2)C1. The van der Waals surface area contributed by atoms with Crippen LogP contribution in [0.15, 0.2) is 37.1 Å². The Labute approximate surface area is 148 Å². The van der Waals surface area contributed by atoms with E-state index in [4.69, 9.17) is 4.74 Å². The maximum Gasteiger partial charge on any atom is 0.224 e.